The summed E-state index contributed by atoms with van der Waals surface area (Å²) in [6.45, 7) is 3.79. The van der Waals surface area contributed by atoms with E-state index in [4.69, 9.17) is 4.74 Å². The first-order valence-corrected chi connectivity index (χ1v) is 9.02. The third-order valence-corrected chi connectivity index (χ3v) is 4.65. The average Bonchev–Trinajstić information content (AvgIpc) is 2.73. The lowest BCUT2D eigenvalue weighted by Gasteiger charge is -2.33. The van der Waals surface area contributed by atoms with Crippen molar-refractivity contribution < 1.29 is 19.2 Å². The Morgan fingerprint density at radius 2 is 1.78 bits per heavy atom. The molecule has 142 valence electrons. The number of quaternary nitrogens is 1. The number of anilines is 1. The summed E-state index contributed by atoms with van der Waals surface area (Å²) in [6.07, 6.45) is 0. The van der Waals surface area contributed by atoms with Crippen molar-refractivity contribution in [1.29, 1.82) is 0 Å². The molecule has 1 aliphatic rings. The van der Waals surface area contributed by atoms with E-state index in [1.165, 1.54) is 4.90 Å². The maximum atomic E-state index is 12.1. The lowest BCUT2D eigenvalue weighted by atomic mass is 10.2. The number of methoxy groups -OCH3 is 1. The van der Waals surface area contributed by atoms with Crippen LogP contribution in [-0.2, 0) is 4.79 Å². The first kappa shape index (κ1) is 18.7. The van der Waals surface area contributed by atoms with E-state index < -0.39 is 0 Å². The highest BCUT2D eigenvalue weighted by atomic mass is 16.5. The Labute approximate surface area is 158 Å². The van der Waals surface area contributed by atoms with Crippen molar-refractivity contribution >= 4 is 17.5 Å². The maximum absolute atomic E-state index is 12.1. The number of hydrogen-bond donors (Lipinski definition) is 3. The summed E-state index contributed by atoms with van der Waals surface area (Å²) in [5.74, 6) is 0.335. The zero-order chi connectivity index (χ0) is 19.1. The van der Waals surface area contributed by atoms with E-state index in [-0.39, 0.29) is 11.8 Å². The molecule has 3 N–H and O–H groups in total. The highest BCUT2D eigenvalue weighted by molar-refractivity contribution is 5.95. The Hall–Kier alpha value is -3.06. The quantitative estimate of drug-likeness (QED) is 0.642. The van der Waals surface area contributed by atoms with Gasteiger partial charge in [0.05, 0.1) is 33.3 Å². The Morgan fingerprint density at radius 3 is 2.48 bits per heavy atom. The summed E-state index contributed by atoms with van der Waals surface area (Å²) in [4.78, 5) is 27.5. The molecule has 1 fully saturated rings. The van der Waals surface area contributed by atoms with E-state index in [1.807, 2.05) is 24.3 Å². The van der Waals surface area contributed by atoms with Crippen molar-refractivity contribution in [2.75, 3.05) is 44.7 Å². The summed E-state index contributed by atoms with van der Waals surface area (Å²) in [6, 6.07) is 16.8. The van der Waals surface area contributed by atoms with Gasteiger partial charge in [-0.15, -0.1) is 0 Å². The van der Waals surface area contributed by atoms with Gasteiger partial charge in [0.1, 0.15) is 5.75 Å². The molecule has 0 unspecified atom stereocenters. The minimum atomic E-state index is -0.318. The van der Waals surface area contributed by atoms with E-state index in [2.05, 4.69) is 21.8 Å². The Morgan fingerprint density at radius 1 is 1.04 bits per heavy atom. The van der Waals surface area contributed by atoms with Crippen LogP contribution in [0.1, 0.15) is 10.4 Å². The molecule has 2 aromatic carbocycles. The van der Waals surface area contributed by atoms with Crippen molar-refractivity contribution in [3.05, 3.63) is 60.2 Å². The van der Waals surface area contributed by atoms with Crippen LogP contribution in [0.5, 0.6) is 5.75 Å². The molecule has 0 radical (unpaired) electrons. The summed E-state index contributed by atoms with van der Waals surface area (Å²) >= 11 is 0. The van der Waals surface area contributed by atoms with Gasteiger partial charge in [-0.25, -0.2) is 0 Å². The van der Waals surface area contributed by atoms with Crippen molar-refractivity contribution in [3.63, 3.8) is 0 Å². The predicted molar refractivity (Wildman–Crippen MR) is 103 cm³/mol. The molecule has 1 saturated heterocycles. The number of hydrogen-bond acceptors (Lipinski definition) is 4. The molecule has 1 heterocycles. The molecule has 0 aliphatic carbocycles. The molecular formula is C20H25N4O3+. The summed E-state index contributed by atoms with van der Waals surface area (Å²) < 4.78 is 5.28. The second-order valence-electron chi connectivity index (χ2n) is 6.48. The van der Waals surface area contributed by atoms with Crippen LogP contribution in [0.3, 0.4) is 0 Å². The second-order valence-corrected chi connectivity index (χ2v) is 6.48. The van der Waals surface area contributed by atoms with Crippen LogP contribution in [0.15, 0.2) is 54.6 Å². The van der Waals surface area contributed by atoms with Crippen LogP contribution in [-0.4, -0.2) is 51.6 Å². The number of carbonyl (C=O) groups is 2. The molecule has 1 aliphatic heterocycles. The molecular weight excluding hydrogens is 344 g/mol. The first-order valence-electron chi connectivity index (χ1n) is 9.02. The van der Waals surface area contributed by atoms with Crippen molar-refractivity contribution in [2.24, 2.45) is 0 Å². The average molecular weight is 369 g/mol. The largest absolute Gasteiger partial charge is 0.497 e. The van der Waals surface area contributed by atoms with E-state index in [0.29, 0.717) is 12.1 Å². The van der Waals surface area contributed by atoms with E-state index in [1.54, 1.807) is 31.4 Å². The third kappa shape index (κ3) is 5.21. The summed E-state index contributed by atoms with van der Waals surface area (Å²) in [5.41, 5.74) is 6.60. The zero-order valence-corrected chi connectivity index (χ0v) is 15.4. The molecule has 3 rings (SSSR count). The lowest BCUT2D eigenvalue weighted by molar-refractivity contribution is -0.892. The number of hydrazine groups is 1. The zero-order valence-electron chi connectivity index (χ0n) is 15.4. The van der Waals surface area contributed by atoms with Gasteiger partial charge in [0, 0.05) is 17.3 Å². The molecule has 0 aromatic heterocycles. The van der Waals surface area contributed by atoms with E-state index >= 15 is 0 Å². The van der Waals surface area contributed by atoms with Crippen molar-refractivity contribution in [3.8, 4) is 5.75 Å². The van der Waals surface area contributed by atoms with Gasteiger partial charge in [-0.05, 0) is 24.3 Å². The third-order valence-electron chi connectivity index (χ3n) is 4.65. The fraction of sp³-hybridized carbons (Fsp3) is 0.300. The van der Waals surface area contributed by atoms with E-state index in [0.717, 1.165) is 37.6 Å². The lowest BCUT2D eigenvalue weighted by Crippen LogP contribution is -3.16. The van der Waals surface area contributed by atoms with Crippen LogP contribution < -0.4 is 25.4 Å². The highest BCUT2D eigenvalue weighted by Gasteiger charge is 2.22. The molecule has 27 heavy (non-hydrogen) atoms. The van der Waals surface area contributed by atoms with Gasteiger partial charge in [0.25, 0.3) is 11.8 Å². The number of nitrogens with one attached hydrogen (secondary N) is 3. The Bertz CT molecular complexity index is 774. The molecule has 0 bridgehead atoms. The Balaban J connectivity index is 1.42. The maximum Gasteiger partial charge on any atom is 0.293 e. The van der Waals surface area contributed by atoms with Gasteiger partial charge < -0.3 is 14.5 Å². The number of carbonyl (C=O) groups excluding carboxylic acids is 2. The van der Waals surface area contributed by atoms with E-state index in [9.17, 15) is 9.59 Å². The summed E-state index contributed by atoms with van der Waals surface area (Å²) in [7, 11) is 1.66. The van der Waals surface area contributed by atoms with Crippen LogP contribution >= 0.6 is 0 Å². The standard InChI is InChI=1S/C20H24N4O3/c1-27-18-9-5-8-17(14-18)24-12-10-23(11-13-24)15-19(25)21-22-20(26)16-6-3-2-4-7-16/h2-9,14H,10-13,15H2,1H3,(H,21,25)(H,22,26)/p+1. The van der Waals surface area contributed by atoms with Crippen LogP contribution in [0.4, 0.5) is 5.69 Å². The van der Waals surface area contributed by atoms with Gasteiger partial charge in [0.15, 0.2) is 6.54 Å². The van der Waals surface area contributed by atoms with Gasteiger partial charge in [0.2, 0.25) is 0 Å². The molecule has 7 nitrogen and oxygen atoms in total. The van der Waals surface area contributed by atoms with Gasteiger partial charge >= 0.3 is 0 Å². The topological polar surface area (TPSA) is 75.1 Å². The molecule has 7 heteroatoms. The SMILES string of the molecule is COc1cccc(N2CC[NH+](CC(=O)NNC(=O)c3ccccc3)CC2)c1. The normalized spacial score (nSPS) is 14.5. The fourth-order valence-corrected chi connectivity index (χ4v) is 3.12. The summed E-state index contributed by atoms with van der Waals surface area (Å²) in [5, 5.41) is 0. The Kier molecular flexibility index (Phi) is 6.27. The van der Waals surface area contributed by atoms with Crippen LogP contribution in [0.2, 0.25) is 0 Å². The van der Waals surface area contributed by atoms with Gasteiger partial charge in [-0.2, -0.15) is 0 Å². The number of nitrogens with zero attached hydrogens (tertiary/aromatic N) is 1. The number of benzene rings is 2. The minimum absolute atomic E-state index is 0.191. The first-order chi connectivity index (χ1) is 13.2. The van der Waals surface area contributed by atoms with Crippen molar-refractivity contribution in [1.82, 2.24) is 10.9 Å². The predicted octanol–water partition coefficient (Wildman–Crippen LogP) is -0.139. The molecule has 0 spiro atoms. The van der Waals surface area contributed by atoms with Gasteiger partial charge in [-0.3, -0.25) is 20.4 Å². The molecule has 0 saturated carbocycles. The minimum Gasteiger partial charge on any atom is -0.497 e. The molecule has 0 atom stereocenters. The number of piperazine rings is 1. The fourth-order valence-electron chi connectivity index (χ4n) is 3.12. The van der Waals surface area contributed by atoms with Crippen molar-refractivity contribution in [2.45, 2.75) is 0 Å². The number of amides is 2. The highest BCUT2D eigenvalue weighted by Crippen LogP contribution is 2.20. The molecule has 2 aromatic rings. The van der Waals surface area contributed by atoms with Crippen LogP contribution in [0.25, 0.3) is 0 Å². The molecule has 2 amide bonds. The van der Waals surface area contributed by atoms with Crippen LogP contribution in [0, 0.1) is 0 Å². The number of rotatable bonds is 5. The second kappa shape index (κ2) is 9.05. The monoisotopic (exact) mass is 369 g/mol. The number of ether oxygens (including phenoxy) is 1. The smallest absolute Gasteiger partial charge is 0.293 e. The van der Waals surface area contributed by atoms with Gasteiger partial charge in [-0.1, -0.05) is 24.3 Å².